The van der Waals surface area contributed by atoms with Gasteiger partial charge in [-0.1, -0.05) is 48.5 Å². The molecule has 1 aliphatic heterocycles. The summed E-state index contributed by atoms with van der Waals surface area (Å²) in [6, 6.07) is 23.1. The molecule has 4 nitrogen and oxygen atoms in total. The van der Waals surface area contributed by atoms with Crippen molar-refractivity contribution < 1.29 is 0 Å². The maximum atomic E-state index is 6.34. The molecule has 3 aromatic rings. The van der Waals surface area contributed by atoms with Gasteiger partial charge in [-0.25, -0.2) is 4.98 Å². The third-order valence-electron chi connectivity index (χ3n) is 5.65. The van der Waals surface area contributed by atoms with E-state index in [0.717, 1.165) is 37.4 Å². The number of anilines is 3. The summed E-state index contributed by atoms with van der Waals surface area (Å²) in [5, 5.41) is 0. The minimum Gasteiger partial charge on any atom is -0.396 e. The Hall–Kier alpha value is -2.85. The van der Waals surface area contributed by atoms with Crippen molar-refractivity contribution in [1.29, 1.82) is 0 Å². The van der Waals surface area contributed by atoms with Crippen LogP contribution in [0, 0.1) is 0 Å². The zero-order chi connectivity index (χ0) is 19.9. The molecule has 2 aromatic carbocycles. The van der Waals surface area contributed by atoms with Crippen LogP contribution in [0.1, 0.15) is 30.4 Å². The number of likely N-dealkylation sites (tertiary alicyclic amines) is 1. The van der Waals surface area contributed by atoms with Gasteiger partial charge in [0.2, 0.25) is 0 Å². The summed E-state index contributed by atoms with van der Waals surface area (Å²) in [4.78, 5) is 9.52. The predicted octanol–water partition coefficient (Wildman–Crippen LogP) is 4.88. The quantitative estimate of drug-likeness (QED) is 0.599. The molecule has 4 heteroatoms. The Balaban J connectivity index is 1.61. The summed E-state index contributed by atoms with van der Waals surface area (Å²) < 4.78 is 0. The van der Waals surface area contributed by atoms with Crippen molar-refractivity contribution in [2.24, 2.45) is 0 Å². The van der Waals surface area contributed by atoms with Crippen molar-refractivity contribution in [3.8, 4) is 0 Å². The summed E-state index contributed by atoms with van der Waals surface area (Å²) in [5.41, 5.74) is 10.9. The largest absolute Gasteiger partial charge is 0.396 e. The Morgan fingerprint density at radius 3 is 2.45 bits per heavy atom. The summed E-state index contributed by atoms with van der Waals surface area (Å²) in [5.74, 6) is 0.856. The van der Waals surface area contributed by atoms with Gasteiger partial charge in [-0.15, -0.1) is 0 Å². The molecular formula is C25H30N4. The third-order valence-corrected chi connectivity index (χ3v) is 5.65. The number of nitrogens with zero attached hydrogens (tertiary/aromatic N) is 3. The first-order valence-corrected chi connectivity index (χ1v) is 10.6. The second kappa shape index (κ2) is 9.57. The van der Waals surface area contributed by atoms with Crippen LogP contribution in [-0.2, 0) is 6.42 Å². The number of nitrogens with two attached hydrogens (primary N) is 1. The van der Waals surface area contributed by atoms with Crippen LogP contribution in [0.3, 0.4) is 0 Å². The van der Waals surface area contributed by atoms with Gasteiger partial charge in [-0.3, -0.25) is 0 Å². The fourth-order valence-corrected chi connectivity index (χ4v) is 4.17. The van der Waals surface area contributed by atoms with Crippen molar-refractivity contribution >= 4 is 17.2 Å². The van der Waals surface area contributed by atoms with Gasteiger partial charge < -0.3 is 15.5 Å². The highest BCUT2D eigenvalue weighted by atomic mass is 15.2. The number of pyridine rings is 1. The number of hydrogen-bond acceptors (Lipinski definition) is 4. The highest BCUT2D eigenvalue weighted by molar-refractivity contribution is 5.73. The molecule has 0 spiro atoms. The zero-order valence-corrected chi connectivity index (χ0v) is 17.0. The number of rotatable bonds is 8. The van der Waals surface area contributed by atoms with Crippen molar-refractivity contribution in [3.63, 3.8) is 0 Å². The number of nitrogen functional groups attached to an aromatic ring is 1. The molecule has 1 aromatic heterocycles. The normalized spacial score (nSPS) is 14.2. The van der Waals surface area contributed by atoms with Gasteiger partial charge in [0.15, 0.2) is 5.82 Å². The van der Waals surface area contributed by atoms with Crippen LogP contribution in [0.25, 0.3) is 0 Å². The van der Waals surface area contributed by atoms with Crippen LogP contribution >= 0.6 is 0 Å². The Kier molecular flexibility index (Phi) is 6.42. The first kappa shape index (κ1) is 19.5. The van der Waals surface area contributed by atoms with Crippen molar-refractivity contribution in [2.75, 3.05) is 36.8 Å². The molecule has 29 heavy (non-hydrogen) atoms. The lowest BCUT2D eigenvalue weighted by molar-refractivity contribution is 0.335. The molecule has 0 radical (unpaired) electrons. The number of para-hydroxylation sites is 1. The Morgan fingerprint density at radius 2 is 1.66 bits per heavy atom. The van der Waals surface area contributed by atoms with E-state index in [1.54, 1.807) is 0 Å². The maximum Gasteiger partial charge on any atom is 0.156 e. The van der Waals surface area contributed by atoms with Crippen molar-refractivity contribution in [2.45, 2.75) is 25.7 Å². The van der Waals surface area contributed by atoms with Crippen LogP contribution in [0.2, 0.25) is 0 Å². The van der Waals surface area contributed by atoms with Gasteiger partial charge in [-0.05, 0) is 74.6 Å². The van der Waals surface area contributed by atoms with Crippen LogP contribution in [-0.4, -0.2) is 36.1 Å². The van der Waals surface area contributed by atoms with E-state index in [9.17, 15) is 0 Å². The van der Waals surface area contributed by atoms with Crippen molar-refractivity contribution in [3.05, 3.63) is 84.1 Å². The first-order valence-electron chi connectivity index (χ1n) is 10.6. The monoisotopic (exact) mass is 386 g/mol. The van der Waals surface area contributed by atoms with E-state index < -0.39 is 0 Å². The average Bonchev–Trinajstić information content (AvgIpc) is 3.27. The average molecular weight is 387 g/mol. The van der Waals surface area contributed by atoms with Crippen molar-refractivity contribution in [1.82, 2.24) is 9.88 Å². The van der Waals surface area contributed by atoms with Gasteiger partial charge in [-0.2, -0.15) is 0 Å². The van der Waals surface area contributed by atoms with E-state index >= 15 is 0 Å². The highest BCUT2D eigenvalue weighted by Gasteiger charge is 2.18. The fourth-order valence-electron chi connectivity index (χ4n) is 4.17. The number of benzene rings is 2. The molecule has 1 aliphatic rings. The molecule has 0 bridgehead atoms. The summed E-state index contributed by atoms with van der Waals surface area (Å²) >= 11 is 0. The fraction of sp³-hybridized carbons (Fsp3) is 0.320. The lowest BCUT2D eigenvalue weighted by Gasteiger charge is -2.28. The summed E-state index contributed by atoms with van der Waals surface area (Å²) in [6.45, 7) is 4.50. The summed E-state index contributed by atoms with van der Waals surface area (Å²) in [6.07, 6.45) is 6.48. The highest BCUT2D eigenvalue weighted by Crippen LogP contribution is 2.32. The lowest BCUT2D eigenvalue weighted by atomic mass is 10.0. The molecular weight excluding hydrogens is 356 g/mol. The van der Waals surface area contributed by atoms with Gasteiger partial charge in [0, 0.05) is 18.4 Å². The molecule has 150 valence electrons. The molecule has 2 heterocycles. The molecule has 4 rings (SSSR count). The molecule has 2 N–H and O–H groups in total. The standard InChI is InChI=1S/C25H30N4/c26-23-13-8-15-27-25(23)29(19-9-18-28-16-6-7-17-28)24-14-5-4-12-22(24)20-21-10-2-1-3-11-21/h1-5,8,10-15H,6-7,9,16-20,26H2. The van der Waals surface area contributed by atoms with E-state index in [4.69, 9.17) is 5.73 Å². The molecule has 0 aliphatic carbocycles. The van der Waals surface area contributed by atoms with Crippen LogP contribution in [0.4, 0.5) is 17.2 Å². The molecule has 1 saturated heterocycles. The Bertz CT molecular complexity index is 903. The zero-order valence-electron chi connectivity index (χ0n) is 17.0. The number of aromatic nitrogens is 1. The van der Waals surface area contributed by atoms with Crippen LogP contribution < -0.4 is 10.6 Å². The van der Waals surface area contributed by atoms with Gasteiger partial charge in [0.05, 0.1) is 5.69 Å². The van der Waals surface area contributed by atoms with E-state index in [2.05, 4.69) is 69.4 Å². The van der Waals surface area contributed by atoms with Crippen LogP contribution in [0.5, 0.6) is 0 Å². The first-order chi connectivity index (χ1) is 14.3. The maximum absolute atomic E-state index is 6.34. The molecule has 0 unspecified atom stereocenters. The van der Waals surface area contributed by atoms with Gasteiger partial charge in [0.25, 0.3) is 0 Å². The van der Waals surface area contributed by atoms with E-state index in [-0.39, 0.29) is 0 Å². The van der Waals surface area contributed by atoms with E-state index in [0.29, 0.717) is 0 Å². The van der Waals surface area contributed by atoms with Gasteiger partial charge in [0.1, 0.15) is 0 Å². The summed E-state index contributed by atoms with van der Waals surface area (Å²) in [7, 11) is 0. The van der Waals surface area contributed by atoms with Gasteiger partial charge >= 0.3 is 0 Å². The van der Waals surface area contributed by atoms with Crippen LogP contribution in [0.15, 0.2) is 72.9 Å². The molecule has 1 fully saturated rings. The third kappa shape index (κ3) is 4.96. The van der Waals surface area contributed by atoms with E-state index in [1.165, 1.54) is 42.7 Å². The second-order valence-electron chi connectivity index (χ2n) is 7.76. The minimum absolute atomic E-state index is 0.725. The smallest absolute Gasteiger partial charge is 0.156 e. The topological polar surface area (TPSA) is 45.4 Å². The molecule has 0 atom stereocenters. The number of hydrogen-bond donors (Lipinski definition) is 1. The molecule has 0 amide bonds. The van der Waals surface area contributed by atoms with E-state index in [1.807, 2.05) is 18.3 Å². The predicted molar refractivity (Wildman–Crippen MR) is 122 cm³/mol. The minimum atomic E-state index is 0.725. The molecule has 0 saturated carbocycles. The lowest BCUT2D eigenvalue weighted by Crippen LogP contribution is -2.27. The SMILES string of the molecule is Nc1cccnc1N(CCCN1CCCC1)c1ccccc1Cc1ccccc1. The Labute approximate surface area is 174 Å². The Morgan fingerprint density at radius 1 is 0.897 bits per heavy atom. The second-order valence-corrected chi connectivity index (χ2v) is 7.76.